The average Bonchev–Trinajstić information content (AvgIpc) is 2.93. The van der Waals surface area contributed by atoms with Gasteiger partial charge >= 0.3 is 0 Å². The van der Waals surface area contributed by atoms with Crippen LogP contribution in [0, 0.1) is 5.41 Å². The highest BCUT2D eigenvalue weighted by Gasteiger charge is 2.29. The van der Waals surface area contributed by atoms with Crippen molar-refractivity contribution in [3.8, 4) is 0 Å². The number of aromatic nitrogens is 2. The molecule has 0 aliphatic carbocycles. The number of nitrogens with one attached hydrogen (secondary N) is 2. The minimum absolute atomic E-state index is 0.0298. The van der Waals surface area contributed by atoms with E-state index in [4.69, 9.17) is 0 Å². The van der Waals surface area contributed by atoms with Gasteiger partial charge in [-0.3, -0.25) is 9.48 Å². The lowest BCUT2D eigenvalue weighted by Crippen LogP contribution is -2.37. The minimum atomic E-state index is -0.0298. The summed E-state index contributed by atoms with van der Waals surface area (Å²) in [5.41, 5.74) is 1.78. The molecular formula is C13H22N4O. The second kappa shape index (κ2) is 5.10. The number of aryl methyl sites for hydroxylation is 2. The SMILES string of the molecule is CCc1cc(C(=O)NCC2(C)CCNC2)n(C)n1. The summed E-state index contributed by atoms with van der Waals surface area (Å²) < 4.78 is 1.66. The molecule has 1 unspecified atom stereocenters. The smallest absolute Gasteiger partial charge is 0.269 e. The Morgan fingerprint density at radius 2 is 2.44 bits per heavy atom. The van der Waals surface area contributed by atoms with Gasteiger partial charge in [-0.15, -0.1) is 0 Å². The first-order valence-corrected chi connectivity index (χ1v) is 6.56. The van der Waals surface area contributed by atoms with Crippen molar-refractivity contribution >= 4 is 5.91 Å². The lowest BCUT2D eigenvalue weighted by atomic mass is 9.90. The van der Waals surface area contributed by atoms with Gasteiger partial charge in [-0.05, 0) is 30.9 Å². The molecule has 0 bridgehead atoms. The normalized spacial score (nSPS) is 23.3. The molecule has 1 fully saturated rings. The maximum atomic E-state index is 12.1. The topological polar surface area (TPSA) is 59.0 Å². The summed E-state index contributed by atoms with van der Waals surface area (Å²) in [5, 5.41) is 10.6. The lowest BCUT2D eigenvalue weighted by Gasteiger charge is -2.22. The van der Waals surface area contributed by atoms with Crippen molar-refractivity contribution in [1.82, 2.24) is 20.4 Å². The summed E-state index contributed by atoms with van der Waals surface area (Å²) in [6, 6.07) is 1.87. The molecule has 5 heteroatoms. The van der Waals surface area contributed by atoms with Gasteiger partial charge in [-0.2, -0.15) is 5.10 Å². The summed E-state index contributed by atoms with van der Waals surface area (Å²) >= 11 is 0. The highest BCUT2D eigenvalue weighted by molar-refractivity contribution is 5.92. The zero-order valence-corrected chi connectivity index (χ0v) is 11.4. The van der Waals surface area contributed by atoms with Gasteiger partial charge in [0.1, 0.15) is 5.69 Å². The fraction of sp³-hybridized carbons (Fsp3) is 0.692. The molecule has 0 radical (unpaired) electrons. The molecule has 18 heavy (non-hydrogen) atoms. The van der Waals surface area contributed by atoms with Crippen molar-refractivity contribution in [3.63, 3.8) is 0 Å². The molecule has 1 saturated heterocycles. The number of hydrogen-bond acceptors (Lipinski definition) is 3. The van der Waals surface area contributed by atoms with E-state index in [0.29, 0.717) is 12.2 Å². The molecule has 5 nitrogen and oxygen atoms in total. The summed E-state index contributed by atoms with van der Waals surface area (Å²) in [4.78, 5) is 12.1. The number of nitrogens with zero attached hydrogens (tertiary/aromatic N) is 2. The first-order chi connectivity index (χ1) is 8.54. The maximum absolute atomic E-state index is 12.1. The van der Waals surface area contributed by atoms with Crippen molar-refractivity contribution < 1.29 is 4.79 Å². The predicted molar refractivity (Wildman–Crippen MR) is 70.5 cm³/mol. The van der Waals surface area contributed by atoms with Gasteiger partial charge < -0.3 is 10.6 Å². The molecule has 2 N–H and O–H groups in total. The van der Waals surface area contributed by atoms with E-state index in [1.165, 1.54) is 0 Å². The monoisotopic (exact) mass is 250 g/mol. The molecule has 0 spiro atoms. The van der Waals surface area contributed by atoms with Gasteiger partial charge in [0.05, 0.1) is 5.69 Å². The summed E-state index contributed by atoms with van der Waals surface area (Å²) in [6.07, 6.45) is 1.96. The Hall–Kier alpha value is -1.36. The van der Waals surface area contributed by atoms with Crippen molar-refractivity contribution in [1.29, 1.82) is 0 Å². The molecule has 1 aromatic rings. The van der Waals surface area contributed by atoms with Crippen LogP contribution in [0.4, 0.5) is 0 Å². The van der Waals surface area contributed by atoms with Crippen LogP contribution in [0.15, 0.2) is 6.07 Å². The Morgan fingerprint density at radius 3 is 3.00 bits per heavy atom. The van der Waals surface area contributed by atoms with Crippen LogP contribution in [-0.2, 0) is 13.5 Å². The highest BCUT2D eigenvalue weighted by atomic mass is 16.2. The first kappa shape index (κ1) is 13.1. The maximum Gasteiger partial charge on any atom is 0.269 e. The van der Waals surface area contributed by atoms with Crippen molar-refractivity contribution in [2.24, 2.45) is 12.5 Å². The Morgan fingerprint density at radius 1 is 1.67 bits per heavy atom. The number of hydrogen-bond donors (Lipinski definition) is 2. The van der Waals surface area contributed by atoms with Crippen LogP contribution >= 0.6 is 0 Å². The van der Waals surface area contributed by atoms with Gasteiger partial charge in [0, 0.05) is 20.1 Å². The van der Waals surface area contributed by atoms with Crippen molar-refractivity contribution in [2.75, 3.05) is 19.6 Å². The molecule has 0 aromatic carbocycles. The molecule has 100 valence electrons. The van der Waals surface area contributed by atoms with Crippen LogP contribution in [-0.4, -0.2) is 35.3 Å². The second-order valence-corrected chi connectivity index (χ2v) is 5.42. The van der Waals surface area contributed by atoms with Gasteiger partial charge in [0.2, 0.25) is 0 Å². The van der Waals surface area contributed by atoms with E-state index in [2.05, 4.69) is 22.7 Å². The van der Waals surface area contributed by atoms with Crippen LogP contribution in [0.3, 0.4) is 0 Å². The molecule has 0 saturated carbocycles. The zero-order chi connectivity index (χ0) is 13.2. The molecule has 1 aliphatic rings. The summed E-state index contributed by atoms with van der Waals surface area (Å²) in [6.45, 7) is 6.96. The van der Waals surface area contributed by atoms with Crippen LogP contribution in [0.1, 0.15) is 36.5 Å². The minimum Gasteiger partial charge on any atom is -0.350 e. The van der Waals surface area contributed by atoms with Crippen molar-refractivity contribution in [2.45, 2.75) is 26.7 Å². The fourth-order valence-electron chi connectivity index (χ4n) is 2.32. The third kappa shape index (κ3) is 2.72. The number of amides is 1. The van der Waals surface area contributed by atoms with Gasteiger partial charge in [0.15, 0.2) is 0 Å². The van der Waals surface area contributed by atoms with E-state index in [1.807, 2.05) is 20.0 Å². The third-order valence-electron chi connectivity index (χ3n) is 3.66. The Balaban J connectivity index is 1.96. The van der Waals surface area contributed by atoms with E-state index in [1.54, 1.807) is 4.68 Å². The van der Waals surface area contributed by atoms with Crippen LogP contribution in [0.25, 0.3) is 0 Å². The van der Waals surface area contributed by atoms with Crippen LogP contribution < -0.4 is 10.6 Å². The predicted octanol–water partition coefficient (Wildman–Crippen LogP) is 0.712. The molecular weight excluding hydrogens is 228 g/mol. The number of carbonyl (C=O) groups is 1. The van der Waals surface area contributed by atoms with E-state index in [0.717, 1.165) is 31.6 Å². The van der Waals surface area contributed by atoms with E-state index in [9.17, 15) is 4.79 Å². The standard InChI is InChI=1S/C13H22N4O/c1-4-10-7-11(17(3)16-10)12(18)15-9-13(2)5-6-14-8-13/h7,14H,4-6,8-9H2,1-3H3,(H,15,18). The molecule has 1 amide bonds. The fourth-order valence-corrected chi connectivity index (χ4v) is 2.32. The molecule has 2 rings (SSSR count). The van der Waals surface area contributed by atoms with Crippen LogP contribution in [0.5, 0.6) is 0 Å². The van der Waals surface area contributed by atoms with E-state index >= 15 is 0 Å². The lowest BCUT2D eigenvalue weighted by molar-refractivity contribution is 0.0927. The van der Waals surface area contributed by atoms with E-state index in [-0.39, 0.29) is 11.3 Å². The first-order valence-electron chi connectivity index (χ1n) is 6.56. The summed E-state index contributed by atoms with van der Waals surface area (Å²) in [7, 11) is 1.81. The Bertz CT molecular complexity index is 432. The molecule has 1 aromatic heterocycles. The quantitative estimate of drug-likeness (QED) is 0.827. The molecule has 1 atom stereocenters. The largest absolute Gasteiger partial charge is 0.350 e. The number of carbonyl (C=O) groups excluding carboxylic acids is 1. The van der Waals surface area contributed by atoms with E-state index < -0.39 is 0 Å². The molecule has 2 heterocycles. The second-order valence-electron chi connectivity index (χ2n) is 5.42. The average molecular weight is 250 g/mol. The van der Waals surface area contributed by atoms with Gasteiger partial charge in [-0.25, -0.2) is 0 Å². The van der Waals surface area contributed by atoms with Crippen molar-refractivity contribution in [3.05, 3.63) is 17.5 Å². The highest BCUT2D eigenvalue weighted by Crippen LogP contribution is 2.23. The Kier molecular flexibility index (Phi) is 3.71. The third-order valence-corrected chi connectivity index (χ3v) is 3.66. The number of rotatable bonds is 4. The summed E-state index contributed by atoms with van der Waals surface area (Å²) in [5.74, 6) is -0.0298. The van der Waals surface area contributed by atoms with Gasteiger partial charge in [-0.1, -0.05) is 13.8 Å². The van der Waals surface area contributed by atoms with Crippen LogP contribution in [0.2, 0.25) is 0 Å². The Labute approximate surface area is 108 Å². The van der Waals surface area contributed by atoms with Gasteiger partial charge in [0.25, 0.3) is 5.91 Å². The molecule has 1 aliphatic heterocycles. The zero-order valence-electron chi connectivity index (χ0n) is 11.4.